The molecule has 24 heavy (non-hydrogen) atoms. The number of likely N-dealkylation sites (N-methyl/N-ethyl adjacent to an activating group) is 1. The molecule has 3 rings (SSSR count). The van der Waals surface area contributed by atoms with E-state index in [9.17, 15) is 4.79 Å². The molecule has 1 aromatic carbocycles. The van der Waals surface area contributed by atoms with Crippen LogP contribution in [0, 0.1) is 6.92 Å². The van der Waals surface area contributed by atoms with Crippen LogP contribution in [0.1, 0.15) is 30.0 Å². The number of hydrogen-bond donors (Lipinski definition) is 1. The molecule has 1 aliphatic heterocycles. The Hall–Kier alpha value is -1.92. The van der Waals surface area contributed by atoms with Crippen LogP contribution in [0.15, 0.2) is 24.3 Å². The van der Waals surface area contributed by atoms with Crippen molar-refractivity contribution >= 4 is 22.4 Å². The summed E-state index contributed by atoms with van der Waals surface area (Å²) in [6.45, 7) is 8.94. The number of aryl methyl sites for hydroxylation is 1. The fourth-order valence-corrected chi connectivity index (χ4v) is 3.71. The molecule has 2 heterocycles. The van der Waals surface area contributed by atoms with Crippen LogP contribution in [0.4, 0.5) is 5.13 Å². The number of nitrogens with one attached hydrogen (secondary N) is 1. The number of hydrogen-bond acceptors (Lipinski definition) is 5. The fourth-order valence-electron chi connectivity index (χ4n) is 2.65. The first-order chi connectivity index (χ1) is 11.5. The zero-order chi connectivity index (χ0) is 17.1. The Bertz CT molecular complexity index is 712. The normalized spacial score (nSPS) is 15.6. The van der Waals surface area contributed by atoms with Crippen molar-refractivity contribution in [2.45, 2.75) is 39.8 Å². The number of nitrogens with zero attached hydrogens (tertiary/aromatic N) is 2. The van der Waals surface area contributed by atoms with Crippen LogP contribution < -0.4 is 10.1 Å². The second-order valence-electron chi connectivity index (χ2n) is 6.07. The molecule has 1 aliphatic rings. The number of benzene rings is 1. The lowest BCUT2D eigenvalue weighted by molar-refractivity contribution is -0.122. The highest BCUT2D eigenvalue weighted by Gasteiger charge is 2.22. The van der Waals surface area contributed by atoms with Gasteiger partial charge >= 0.3 is 0 Å². The first-order valence-electron chi connectivity index (χ1n) is 8.30. The molecule has 128 valence electrons. The fraction of sp³-hybridized carbons (Fsp3) is 0.444. The Morgan fingerprint density at radius 1 is 1.42 bits per heavy atom. The largest absolute Gasteiger partial charge is 0.481 e. The van der Waals surface area contributed by atoms with Crippen molar-refractivity contribution in [3.05, 3.63) is 40.4 Å². The quantitative estimate of drug-likeness (QED) is 0.904. The van der Waals surface area contributed by atoms with Gasteiger partial charge in [0.15, 0.2) is 11.2 Å². The van der Waals surface area contributed by atoms with Gasteiger partial charge in [-0.1, -0.05) is 24.6 Å². The molecule has 0 aliphatic carbocycles. The summed E-state index contributed by atoms with van der Waals surface area (Å²) < 4.78 is 5.70. The van der Waals surface area contributed by atoms with E-state index in [4.69, 9.17) is 4.74 Å². The van der Waals surface area contributed by atoms with Gasteiger partial charge in [0.05, 0.1) is 5.69 Å². The van der Waals surface area contributed by atoms with Crippen LogP contribution in [-0.4, -0.2) is 35.0 Å². The molecular formula is C18H23N3O2S. The summed E-state index contributed by atoms with van der Waals surface area (Å²) in [7, 11) is 0. The number of carbonyl (C=O) groups excluding carboxylic acids is 1. The SMILES string of the molecule is CCN1CCc2nc(NC(=O)C(C)Oc3ccc(C)cc3)sc2C1. The molecule has 2 aromatic rings. The van der Waals surface area contributed by atoms with Gasteiger partial charge in [0, 0.05) is 24.4 Å². The lowest BCUT2D eigenvalue weighted by Gasteiger charge is -2.23. The Morgan fingerprint density at radius 3 is 2.88 bits per heavy atom. The maximum atomic E-state index is 12.3. The summed E-state index contributed by atoms with van der Waals surface area (Å²) in [6, 6.07) is 7.68. The van der Waals surface area contributed by atoms with E-state index in [-0.39, 0.29) is 5.91 Å². The van der Waals surface area contributed by atoms with Gasteiger partial charge in [-0.25, -0.2) is 4.98 Å². The van der Waals surface area contributed by atoms with Gasteiger partial charge in [-0.2, -0.15) is 0 Å². The predicted octanol–water partition coefficient (Wildman–Crippen LogP) is 3.24. The van der Waals surface area contributed by atoms with E-state index in [2.05, 4.69) is 22.1 Å². The molecule has 0 radical (unpaired) electrons. The van der Waals surface area contributed by atoms with E-state index in [1.165, 1.54) is 4.88 Å². The van der Waals surface area contributed by atoms with Gasteiger partial charge in [-0.05, 0) is 32.5 Å². The summed E-state index contributed by atoms with van der Waals surface area (Å²) in [5.74, 6) is 0.522. The molecule has 0 bridgehead atoms. The maximum absolute atomic E-state index is 12.3. The lowest BCUT2D eigenvalue weighted by atomic mass is 10.2. The topological polar surface area (TPSA) is 54.5 Å². The smallest absolute Gasteiger partial charge is 0.266 e. The third kappa shape index (κ3) is 3.94. The van der Waals surface area contributed by atoms with Crippen LogP contribution >= 0.6 is 11.3 Å². The minimum atomic E-state index is -0.569. The number of aromatic nitrogens is 1. The average molecular weight is 345 g/mol. The monoisotopic (exact) mass is 345 g/mol. The Kier molecular flexibility index (Phi) is 5.16. The third-order valence-electron chi connectivity index (χ3n) is 4.19. The highest BCUT2D eigenvalue weighted by Crippen LogP contribution is 2.28. The summed E-state index contributed by atoms with van der Waals surface area (Å²) in [6.07, 6.45) is 0.381. The first-order valence-corrected chi connectivity index (χ1v) is 9.12. The standard InChI is InChI=1S/C18H23N3O2S/c1-4-21-10-9-15-16(11-21)24-18(19-15)20-17(22)13(3)23-14-7-5-12(2)6-8-14/h5-8,13H,4,9-11H2,1-3H3,(H,19,20,22). The van der Waals surface area contributed by atoms with Gasteiger partial charge < -0.3 is 4.74 Å². The van der Waals surface area contributed by atoms with Crippen molar-refractivity contribution in [2.24, 2.45) is 0 Å². The van der Waals surface area contributed by atoms with E-state index < -0.39 is 6.10 Å². The minimum absolute atomic E-state index is 0.172. The number of thiazole rings is 1. The number of amides is 1. The number of fused-ring (bicyclic) bond motifs is 1. The number of carbonyl (C=O) groups is 1. The average Bonchev–Trinajstić information content (AvgIpc) is 2.97. The molecule has 0 saturated heterocycles. The predicted molar refractivity (Wildman–Crippen MR) is 96.7 cm³/mol. The molecule has 1 unspecified atom stereocenters. The van der Waals surface area contributed by atoms with E-state index in [1.807, 2.05) is 31.2 Å². The summed E-state index contributed by atoms with van der Waals surface area (Å²) in [4.78, 5) is 20.5. The van der Waals surface area contributed by atoms with E-state index in [0.29, 0.717) is 10.9 Å². The highest BCUT2D eigenvalue weighted by atomic mass is 32.1. The highest BCUT2D eigenvalue weighted by molar-refractivity contribution is 7.15. The lowest BCUT2D eigenvalue weighted by Crippen LogP contribution is -2.30. The Morgan fingerprint density at radius 2 is 2.17 bits per heavy atom. The molecule has 1 N–H and O–H groups in total. The zero-order valence-corrected chi connectivity index (χ0v) is 15.2. The van der Waals surface area contributed by atoms with Crippen molar-refractivity contribution in [2.75, 3.05) is 18.4 Å². The van der Waals surface area contributed by atoms with E-state index in [1.54, 1.807) is 18.3 Å². The molecule has 1 aromatic heterocycles. The van der Waals surface area contributed by atoms with Crippen LogP contribution in [0.3, 0.4) is 0 Å². The number of anilines is 1. The summed E-state index contributed by atoms with van der Waals surface area (Å²) in [5, 5.41) is 3.56. The molecule has 5 nitrogen and oxygen atoms in total. The van der Waals surface area contributed by atoms with Crippen molar-refractivity contribution < 1.29 is 9.53 Å². The molecule has 6 heteroatoms. The summed E-state index contributed by atoms with van der Waals surface area (Å²) in [5.41, 5.74) is 2.28. The van der Waals surface area contributed by atoms with E-state index in [0.717, 1.165) is 37.3 Å². The van der Waals surface area contributed by atoms with Gasteiger partial charge in [0.2, 0.25) is 0 Å². The van der Waals surface area contributed by atoms with Crippen molar-refractivity contribution in [3.8, 4) is 5.75 Å². The first kappa shape index (κ1) is 16.9. The van der Waals surface area contributed by atoms with Crippen LogP contribution in [0.2, 0.25) is 0 Å². The molecule has 1 amide bonds. The maximum Gasteiger partial charge on any atom is 0.266 e. The minimum Gasteiger partial charge on any atom is -0.481 e. The molecule has 0 fully saturated rings. The molecule has 0 saturated carbocycles. The Balaban J connectivity index is 1.60. The second-order valence-corrected chi connectivity index (χ2v) is 7.15. The molecule has 1 atom stereocenters. The zero-order valence-electron chi connectivity index (χ0n) is 14.3. The van der Waals surface area contributed by atoms with Gasteiger partial charge in [0.25, 0.3) is 5.91 Å². The van der Waals surface area contributed by atoms with Gasteiger partial charge in [0.1, 0.15) is 5.75 Å². The van der Waals surface area contributed by atoms with E-state index >= 15 is 0 Å². The van der Waals surface area contributed by atoms with Gasteiger partial charge in [-0.15, -0.1) is 11.3 Å². The number of ether oxygens (including phenoxy) is 1. The Labute approximate surface area is 146 Å². The third-order valence-corrected chi connectivity index (χ3v) is 5.19. The summed E-state index contributed by atoms with van der Waals surface area (Å²) >= 11 is 1.57. The van der Waals surface area contributed by atoms with Crippen molar-refractivity contribution in [1.29, 1.82) is 0 Å². The van der Waals surface area contributed by atoms with Crippen LogP contribution in [-0.2, 0) is 17.8 Å². The van der Waals surface area contributed by atoms with Crippen LogP contribution in [0.25, 0.3) is 0 Å². The number of rotatable bonds is 5. The second kappa shape index (κ2) is 7.32. The van der Waals surface area contributed by atoms with Crippen molar-refractivity contribution in [3.63, 3.8) is 0 Å². The van der Waals surface area contributed by atoms with Crippen molar-refractivity contribution in [1.82, 2.24) is 9.88 Å². The van der Waals surface area contributed by atoms with Gasteiger partial charge in [-0.3, -0.25) is 15.0 Å². The molecular weight excluding hydrogens is 322 g/mol. The molecule has 0 spiro atoms. The van der Waals surface area contributed by atoms with Crippen LogP contribution in [0.5, 0.6) is 5.75 Å².